The van der Waals surface area contributed by atoms with E-state index in [1.54, 1.807) is 6.20 Å². The fraction of sp³-hybridized carbons (Fsp3) is 0.143. The molecule has 1 heterocycles. The zero-order chi connectivity index (χ0) is 5.98. The largest absolute Gasteiger partial charge is 0.326 e. The average molecular weight is 290 g/mol. The third-order valence-electron chi connectivity index (χ3n) is 0.973. The molecule has 0 aromatic carbocycles. The smallest absolute Gasteiger partial charge is 0.0102 e. The van der Waals surface area contributed by atoms with Crippen molar-refractivity contribution in [3.8, 4) is 0 Å². The molecule has 0 N–H and O–H groups in total. The maximum absolute atomic E-state index is 4.02. The van der Waals surface area contributed by atoms with Crippen molar-refractivity contribution in [1.29, 1.82) is 0 Å². The standard InChI is InChI=1S/C7H8N.W/c1-6-3-4-7(2)8-5-6;/h3-5H,1H2,2H3;/q-1;. The van der Waals surface area contributed by atoms with E-state index in [1.165, 1.54) is 0 Å². The van der Waals surface area contributed by atoms with Crippen molar-refractivity contribution in [1.82, 2.24) is 4.98 Å². The van der Waals surface area contributed by atoms with Crippen LogP contribution in [0.25, 0.3) is 0 Å². The molecular weight excluding hydrogens is 282 g/mol. The van der Waals surface area contributed by atoms with Crippen LogP contribution in [0.4, 0.5) is 0 Å². The molecule has 0 saturated heterocycles. The van der Waals surface area contributed by atoms with Crippen LogP contribution >= 0.6 is 0 Å². The van der Waals surface area contributed by atoms with Crippen molar-refractivity contribution in [2.24, 2.45) is 0 Å². The number of nitrogens with zero attached hydrogens (tertiary/aromatic N) is 1. The zero-order valence-electron chi connectivity index (χ0n) is 5.29. The molecule has 2 heteroatoms. The molecule has 48 valence electrons. The average Bonchev–Trinajstić information content (AvgIpc) is 1.77. The van der Waals surface area contributed by atoms with Crippen LogP contribution in [-0.4, -0.2) is 4.98 Å². The Bertz CT molecular complexity index is 148. The van der Waals surface area contributed by atoms with E-state index in [0.29, 0.717) is 0 Å². The van der Waals surface area contributed by atoms with Gasteiger partial charge in [-0.2, -0.15) is 18.6 Å². The van der Waals surface area contributed by atoms with Crippen LogP contribution in [0, 0.1) is 13.8 Å². The number of pyridine rings is 1. The van der Waals surface area contributed by atoms with Crippen molar-refractivity contribution in [3.05, 3.63) is 36.5 Å². The van der Waals surface area contributed by atoms with E-state index in [9.17, 15) is 0 Å². The first kappa shape index (κ1) is 8.71. The summed E-state index contributed by atoms with van der Waals surface area (Å²) in [7, 11) is 0. The molecule has 0 unspecified atom stereocenters. The molecule has 9 heavy (non-hydrogen) atoms. The topological polar surface area (TPSA) is 12.9 Å². The van der Waals surface area contributed by atoms with E-state index >= 15 is 0 Å². The van der Waals surface area contributed by atoms with Crippen molar-refractivity contribution in [2.45, 2.75) is 6.92 Å². The predicted octanol–water partition coefficient (Wildman–Crippen LogP) is 1.57. The summed E-state index contributed by atoms with van der Waals surface area (Å²) in [6, 6.07) is 3.89. The number of aryl methyl sites for hydroxylation is 1. The first-order valence-corrected chi connectivity index (χ1v) is 2.53. The van der Waals surface area contributed by atoms with Crippen molar-refractivity contribution < 1.29 is 21.1 Å². The van der Waals surface area contributed by atoms with Gasteiger partial charge in [0.1, 0.15) is 0 Å². The maximum atomic E-state index is 4.02. The van der Waals surface area contributed by atoms with Crippen LogP contribution in [-0.2, 0) is 21.1 Å². The zero-order valence-corrected chi connectivity index (χ0v) is 8.23. The van der Waals surface area contributed by atoms with Gasteiger partial charge in [0.25, 0.3) is 0 Å². The molecule has 0 aliphatic carbocycles. The Balaban J connectivity index is 0.000000640. The molecule has 0 radical (unpaired) electrons. The van der Waals surface area contributed by atoms with E-state index in [1.807, 2.05) is 19.1 Å². The SMILES string of the molecule is [CH2-]c1ccc(C)nc1.[W]. The van der Waals surface area contributed by atoms with Crippen LogP contribution in [0.2, 0.25) is 0 Å². The quantitative estimate of drug-likeness (QED) is 0.661. The normalized spacial score (nSPS) is 8.11. The Morgan fingerprint density at radius 3 is 2.44 bits per heavy atom. The van der Waals surface area contributed by atoms with Gasteiger partial charge in [-0.05, 0) is 6.92 Å². The second-order valence-electron chi connectivity index (χ2n) is 1.81. The first-order valence-electron chi connectivity index (χ1n) is 2.53. The summed E-state index contributed by atoms with van der Waals surface area (Å²) in [6.07, 6.45) is 1.76. The third-order valence-corrected chi connectivity index (χ3v) is 0.973. The molecular formula is C7H8NW-. The van der Waals surface area contributed by atoms with E-state index in [2.05, 4.69) is 11.9 Å². The van der Waals surface area contributed by atoms with Gasteiger partial charge in [-0.15, -0.1) is 0 Å². The van der Waals surface area contributed by atoms with Crippen molar-refractivity contribution in [3.63, 3.8) is 0 Å². The fourth-order valence-electron chi connectivity index (χ4n) is 0.498. The minimum absolute atomic E-state index is 0. The molecule has 0 amide bonds. The van der Waals surface area contributed by atoms with Gasteiger partial charge in [0.2, 0.25) is 0 Å². The van der Waals surface area contributed by atoms with Gasteiger partial charge in [-0.1, -0.05) is 12.3 Å². The molecule has 1 rings (SSSR count). The van der Waals surface area contributed by atoms with E-state index in [0.717, 1.165) is 11.3 Å². The molecule has 1 aromatic rings. The van der Waals surface area contributed by atoms with Gasteiger partial charge in [0.05, 0.1) is 0 Å². The Morgan fingerprint density at radius 2 is 2.11 bits per heavy atom. The Morgan fingerprint density at radius 1 is 1.44 bits per heavy atom. The number of aromatic nitrogens is 1. The van der Waals surface area contributed by atoms with Crippen LogP contribution in [0.5, 0.6) is 0 Å². The molecule has 0 aliphatic rings. The number of hydrogen-bond acceptors (Lipinski definition) is 1. The van der Waals surface area contributed by atoms with Gasteiger partial charge >= 0.3 is 0 Å². The van der Waals surface area contributed by atoms with Crippen LogP contribution in [0.1, 0.15) is 11.3 Å². The van der Waals surface area contributed by atoms with E-state index < -0.39 is 0 Å². The molecule has 0 saturated carbocycles. The summed E-state index contributed by atoms with van der Waals surface area (Å²) in [6.45, 7) is 5.66. The summed E-state index contributed by atoms with van der Waals surface area (Å²) in [5.74, 6) is 0. The third kappa shape index (κ3) is 2.66. The Labute approximate surface area is 69.8 Å². The second-order valence-corrected chi connectivity index (χ2v) is 1.81. The number of hydrogen-bond donors (Lipinski definition) is 0. The van der Waals surface area contributed by atoms with Gasteiger partial charge in [-0.3, -0.25) is 0 Å². The van der Waals surface area contributed by atoms with Gasteiger partial charge in [0, 0.05) is 26.8 Å². The van der Waals surface area contributed by atoms with Crippen LogP contribution in [0.3, 0.4) is 0 Å². The van der Waals surface area contributed by atoms with Crippen LogP contribution in [0.15, 0.2) is 18.3 Å². The molecule has 1 aromatic heterocycles. The first-order chi connectivity index (χ1) is 3.79. The van der Waals surface area contributed by atoms with Crippen LogP contribution < -0.4 is 0 Å². The van der Waals surface area contributed by atoms with Gasteiger partial charge in [0.15, 0.2) is 0 Å². The molecule has 0 fully saturated rings. The minimum Gasteiger partial charge on any atom is -0.326 e. The maximum Gasteiger partial charge on any atom is 0.0102 e. The summed E-state index contributed by atoms with van der Waals surface area (Å²) in [4.78, 5) is 4.02. The summed E-state index contributed by atoms with van der Waals surface area (Å²) in [5.41, 5.74) is 2.01. The molecule has 0 spiro atoms. The summed E-state index contributed by atoms with van der Waals surface area (Å²) in [5, 5.41) is 0. The Kier molecular flexibility index (Phi) is 3.56. The van der Waals surface area contributed by atoms with Crippen molar-refractivity contribution in [2.75, 3.05) is 0 Å². The van der Waals surface area contributed by atoms with Gasteiger partial charge < -0.3 is 4.98 Å². The Hall–Kier alpha value is -0.292. The minimum atomic E-state index is 0. The summed E-state index contributed by atoms with van der Waals surface area (Å²) < 4.78 is 0. The van der Waals surface area contributed by atoms with Crippen molar-refractivity contribution >= 4 is 0 Å². The number of rotatable bonds is 0. The second kappa shape index (κ2) is 3.68. The molecule has 1 nitrogen and oxygen atoms in total. The fourth-order valence-corrected chi connectivity index (χ4v) is 0.498. The molecule has 0 aliphatic heterocycles. The van der Waals surface area contributed by atoms with E-state index in [-0.39, 0.29) is 21.1 Å². The molecule has 0 atom stereocenters. The summed E-state index contributed by atoms with van der Waals surface area (Å²) >= 11 is 0. The van der Waals surface area contributed by atoms with Gasteiger partial charge in [-0.25, -0.2) is 0 Å². The molecule has 0 bridgehead atoms. The van der Waals surface area contributed by atoms with E-state index in [4.69, 9.17) is 0 Å². The monoisotopic (exact) mass is 290 g/mol. The predicted molar refractivity (Wildman–Crippen MR) is 33.4 cm³/mol.